The zero-order valence-electron chi connectivity index (χ0n) is 14.3. The minimum absolute atomic E-state index is 0.0150. The summed E-state index contributed by atoms with van der Waals surface area (Å²) in [5.41, 5.74) is 3.61. The van der Waals surface area contributed by atoms with E-state index in [0.717, 1.165) is 35.0 Å². The van der Waals surface area contributed by atoms with Gasteiger partial charge in [-0.3, -0.25) is 4.79 Å². The number of amides is 1. The molecule has 1 aliphatic heterocycles. The number of halogens is 1. The predicted octanol–water partition coefficient (Wildman–Crippen LogP) is 3.14. The molecule has 3 aromatic rings. The zero-order chi connectivity index (χ0) is 17.9. The summed E-state index contributed by atoms with van der Waals surface area (Å²) in [5, 5.41) is 3.06. The van der Waals surface area contributed by atoms with Crippen molar-refractivity contribution in [1.29, 1.82) is 0 Å². The summed E-state index contributed by atoms with van der Waals surface area (Å²) in [7, 11) is 0. The molecule has 1 saturated heterocycles. The van der Waals surface area contributed by atoms with Gasteiger partial charge in [0.2, 0.25) is 5.91 Å². The third-order valence-corrected chi connectivity index (χ3v) is 4.70. The van der Waals surface area contributed by atoms with Gasteiger partial charge in [0.15, 0.2) is 0 Å². The van der Waals surface area contributed by atoms with Gasteiger partial charge >= 0.3 is 0 Å². The van der Waals surface area contributed by atoms with E-state index in [-0.39, 0.29) is 24.3 Å². The molecule has 5 nitrogen and oxygen atoms in total. The molecule has 1 amide bonds. The van der Waals surface area contributed by atoms with Crippen molar-refractivity contribution >= 4 is 16.9 Å². The molecule has 0 atom stereocenters. The van der Waals surface area contributed by atoms with Gasteiger partial charge in [-0.25, -0.2) is 9.37 Å². The first-order valence-electron chi connectivity index (χ1n) is 8.77. The molecule has 0 saturated carbocycles. The lowest BCUT2D eigenvalue weighted by molar-refractivity contribution is -0.122. The molecular formula is C20H20FN3O2. The van der Waals surface area contributed by atoms with Crippen molar-refractivity contribution in [2.24, 2.45) is 0 Å². The lowest BCUT2D eigenvalue weighted by Crippen LogP contribution is -2.40. The van der Waals surface area contributed by atoms with E-state index in [1.807, 2.05) is 22.8 Å². The number of carbonyl (C=O) groups is 1. The Kier molecular flexibility index (Phi) is 4.67. The summed E-state index contributed by atoms with van der Waals surface area (Å²) < 4.78 is 20.2. The monoisotopic (exact) mass is 353 g/mol. The van der Waals surface area contributed by atoms with Crippen molar-refractivity contribution in [3.63, 3.8) is 0 Å². The summed E-state index contributed by atoms with van der Waals surface area (Å²) in [5.74, 6) is -0.270. The Labute approximate surface area is 150 Å². The van der Waals surface area contributed by atoms with E-state index >= 15 is 0 Å². The van der Waals surface area contributed by atoms with Gasteiger partial charge < -0.3 is 14.6 Å². The molecule has 134 valence electrons. The van der Waals surface area contributed by atoms with Crippen LogP contribution in [0.1, 0.15) is 12.8 Å². The smallest absolute Gasteiger partial charge is 0.240 e. The SMILES string of the molecule is O=C(Cn1cnc2cc(-c3ccc(F)cc3)ccc21)NC1CCOCC1. The number of imidazole rings is 1. The summed E-state index contributed by atoms with van der Waals surface area (Å²) in [4.78, 5) is 16.7. The second-order valence-electron chi connectivity index (χ2n) is 6.54. The fraction of sp³-hybridized carbons (Fsp3) is 0.300. The van der Waals surface area contributed by atoms with Crippen molar-refractivity contribution in [3.05, 3.63) is 54.6 Å². The van der Waals surface area contributed by atoms with Crippen LogP contribution < -0.4 is 5.32 Å². The summed E-state index contributed by atoms with van der Waals surface area (Å²) in [6.07, 6.45) is 3.40. The number of nitrogens with one attached hydrogen (secondary N) is 1. The largest absolute Gasteiger partial charge is 0.381 e. The van der Waals surface area contributed by atoms with Gasteiger partial charge in [-0.15, -0.1) is 0 Å². The molecule has 1 aromatic heterocycles. The molecule has 1 N–H and O–H groups in total. The van der Waals surface area contributed by atoms with Gasteiger partial charge in [0.05, 0.1) is 17.4 Å². The molecule has 0 unspecified atom stereocenters. The lowest BCUT2D eigenvalue weighted by atomic mass is 10.1. The zero-order valence-corrected chi connectivity index (χ0v) is 14.3. The topological polar surface area (TPSA) is 56.2 Å². The first-order valence-corrected chi connectivity index (χ1v) is 8.77. The Bertz CT molecular complexity index is 914. The number of fused-ring (bicyclic) bond motifs is 1. The molecule has 4 rings (SSSR count). The summed E-state index contributed by atoms with van der Waals surface area (Å²) >= 11 is 0. The number of hydrogen-bond acceptors (Lipinski definition) is 3. The molecule has 2 heterocycles. The summed E-state index contributed by atoms with van der Waals surface area (Å²) in [6, 6.07) is 12.4. The maximum absolute atomic E-state index is 13.1. The number of ether oxygens (including phenoxy) is 1. The van der Waals surface area contributed by atoms with E-state index in [1.165, 1.54) is 12.1 Å². The minimum atomic E-state index is -0.255. The molecule has 26 heavy (non-hydrogen) atoms. The van der Waals surface area contributed by atoms with Crippen LogP contribution in [-0.2, 0) is 16.1 Å². The van der Waals surface area contributed by atoms with Gasteiger partial charge in [0.25, 0.3) is 0 Å². The molecule has 0 radical (unpaired) electrons. The molecule has 0 aliphatic carbocycles. The van der Waals surface area contributed by atoms with Gasteiger partial charge in [0, 0.05) is 19.3 Å². The second kappa shape index (κ2) is 7.25. The highest BCUT2D eigenvalue weighted by Crippen LogP contribution is 2.24. The maximum atomic E-state index is 13.1. The molecule has 0 spiro atoms. The number of aromatic nitrogens is 2. The van der Waals surface area contributed by atoms with E-state index in [1.54, 1.807) is 18.5 Å². The van der Waals surface area contributed by atoms with Gasteiger partial charge in [-0.1, -0.05) is 18.2 Å². The van der Waals surface area contributed by atoms with E-state index in [0.29, 0.717) is 13.2 Å². The third kappa shape index (κ3) is 3.60. The van der Waals surface area contributed by atoms with Crippen LogP contribution >= 0.6 is 0 Å². The average Bonchev–Trinajstić information content (AvgIpc) is 3.05. The minimum Gasteiger partial charge on any atom is -0.381 e. The molecule has 2 aromatic carbocycles. The molecule has 6 heteroatoms. The van der Waals surface area contributed by atoms with Gasteiger partial charge in [-0.2, -0.15) is 0 Å². The fourth-order valence-electron chi connectivity index (χ4n) is 3.28. The van der Waals surface area contributed by atoms with Crippen molar-refractivity contribution in [3.8, 4) is 11.1 Å². The Morgan fingerprint density at radius 3 is 2.65 bits per heavy atom. The Morgan fingerprint density at radius 2 is 1.88 bits per heavy atom. The predicted molar refractivity (Wildman–Crippen MR) is 97.1 cm³/mol. The van der Waals surface area contributed by atoms with Crippen molar-refractivity contribution in [2.45, 2.75) is 25.4 Å². The molecule has 1 aliphatic rings. The van der Waals surface area contributed by atoms with Crippen LogP contribution in [0.25, 0.3) is 22.2 Å². The van der Waals surface area contributed by atoms with E-state index in [9.17, 15) is 9.18 Å². The van der Waals surface area contributed by atoms with Crippen LogP contribution in [0, 0.1) is 5.82 Å². The van der Waals surface area contributed by atoms with E-state index < -0.39 is 0 Å². The maximum Gasteiger partial charge on any atom is 0.240 e. The molecular weight excluding hydrogens is 333 g/mol. The van der Waals surface area contributed by atoms with Crippen LogP contribution in [0.3, 0.4) is 0 Å². The quantitative estimate of drug-likeness (QED) is 0.784. The van der Waals surface area contributed by atoms with E-state index in [2.05, 4.69) is 10.3 Å². The van der Waals surface area contributed by atoms with Crippen LogP contribution in [0.4, 0.5) is 4.39 Å². The van der Waals surface area contributed by atoms with Crippen LogP contribution in [0.15, 0.2) is 48.8 Å². The number of hydrogen-bond donors (Lipinski definition) is 1. The number of nitrogens with zero attached hydrogens (tertiary/aromatic N) is 2. The first kappa shape index (κ1) is 16.7. The van der Waals surface area contributed by atoms with Crippen LogP contribution in [0.5, 0.6) is 0 Å². The Balaban J connectivity index is 1.50. The van der Waals surface area contributed by atoms with Gasteiger partial charge in [-0.05, 0) is 48.2 Å². The Morgan fingerprint density at radius 1 is 1.15 bits per heavy atom. The van der Waals surface area contributed by atoms with Crippen molar-refractivity contribution in [1.82, 2.24) is 14.9 Å². The molecule has 1 fully saturated rings. The van der Waals surface area contributed by atoms with Crippen LogP contribution in [-0.4, -0.2) is 34.7 Å². The van der Waals surface area contributed by atoms with Crippen molar-refractivity contribution in [2.75, 3.05) is 13.2 Å². The highest BCUT2D eigenvalue weighted by Gasteiger charge is 2.16. The van der Waals surface area contributed by atoms with Gasteiger partial charge in [0.1, 0.15) is 12.4 Å². The fourth-order valence-corrected chi connectivity index (χ4v) is 3.28. The number of benzene rings is 2. The normalized spacial score (nSPS) is 15.3. The van der Waals surface area contributed by atoms with E-state index in [4.69, 9.17) is 4.74 Å². The first-order chi connectivity index (χ1) is 12.7. The lowest BCUT2D eigenvalue weighted by Gasteiger charge is -2.23. The number of carbonyl (C=O) groups excluding carboxylic acids is 1. The highest BCUT2D eigenvalue weighted by atomic mass is 19.1. The number of rotatable bonds is 4. The third-order valence-electron chi connectivity index (χ3n) is 4.70. The molecule has 0 bridgehead atoms. The summed E-state index contributed by atoms with van der Waals surface area (Å²) in [6.45, 7) is 1.64. The highest BCUT2D eigenvalue weighted by molar-refractivity contribution is 5.84. The standard InChI is InChI=1S/C20H20FN3O2/c21-16-4-1-14(2-5-16)15-3-6-19-18(11-15)22-13-24(19)12-20(25)23-17-7-9-26-10-8-17/h1-6,11,13,17H,7-10,12H2,(H,23,25). The van der Waals surface area contributed by atoms with Crippen LogP contribution in [0.2, 0.25) is 0 Å². The van der Waals surface area contributed by atoms with Crippen molar-refractivity contribution < 1.29 is 13.9 Å². The average molecular weight is 353 g/mol. The second-order valence-corrected chi connectivity index (χ2v) is 6.54. The Hall–Kier alpha value is -2.73.